The highest BCUT2D eigenvalue weighted by atomic mass is 32.2. The fraction of sp³-hybridized carbons (Fsp3) is 0.438. The molecule has 0 bridgehead atoms. The maximum absolute atomic E-state index is 14.6. The van der Waals surface area contributed by atoms with E-state index in [1.165, 1.54) is 13.8 Å². The van der Waals surface area contributed by atoms with Gasteiger partial charge < -0.3 is 4.55 Å². The number of rotatable bonds is 4. The summed E-state index contributed by atoms with van der Waals surface area (Å²) in [6, 6.07) is 1.88. The maximum Gasteiger partial charge on any atom is 0.433 e. The summed E-state index contributed by atoms with van der Waals surface area (Å²) in [6.45, 7) is 2.93. The van der Waals surface area contributed by atoms with Crippen LogP contribution in [0.3, 0.4) is 0 Å². The smallest absolute Gasteiger partial charge is 0.433 e. The van der Waals surface area contributed by atoms with Gasteiger partial charge in [-0.15, -0.1) is 11.3 Å². The first-order valence-electron chi connectivity index (χ1n) is 7.71. The van der Waals surface area contributed by atoms with Crippen molar-refractivity contribution < 1.29 is 35.3 Å². The molecule has 2 aromatic rings. The molecule has 3 nitrogen and oxygen atoms in total. The number of thiazole rings is 1. The Morgan fingerprint density at radius 2 is 1.68 bits per heavy atom. The van der Waals surface area contributed by atoms with E-state index in [4.69, 9.17) is 0 Å². The summed E-state index contributed by atoms with van der Waals surface area (Å²) >= 11 is -1.61. The monoisotopic (exact) mass is 448 g/mol. The Bertz CT molecular complexity index is 929. The molecule has 0 aliphatic rings. The first-order valence-corrected chi connectivity index (χ1v) is 9.85. The first-order chi connectivity index (χ1) is 12.7. The van der Waals surface area contributed by atoms with Gasteiger partial charge in [-0.25, -0.2) is 9.38 Å². The molecule has 2 rings (SSSR count). The summed E-state index contributed by atoms with van der Waals surface area (Å²) in [7, 11) is 0. The van der Waals surface area contributed by atoms with Crippen LogP contribution in [-0.4, -0.2) is 33.8 Å². The van der Waals surface area contributed by atoms with Gasteiger partial charge in [0.25, 0.3) is 0 Å². The largest absolute Gasteiger partial charge is 0.611 e. The van der Waals surface area contributed by atoms with E-state index < -0.39 is 41.6 Å². The van der Waals surface area contributed by atoms with Crippen LogP contribution < -0.4 is 4.80 Å². The van der Waals surface area contributed by atoms with Crippen LogP contribution in [0.15, 0.2) is 22.0 Å². The Hall–Kier alpha value is -1.53. The third kappa shape index (κ3) is 5.51. The summed E-state index contributed by atoms with van der Waals surface area (Å²) in [5.74, 6) is -2.49. The van der Waals surface area contributed by atoms with E-state index in [2.05, 4.69) is 4.99 Å². The third-order valence-electron chi connectivity index (χ3n) is 3.70. The van der Waals surface area contributed by atoms with Gasteiger partial charge in [0, 0.05) is 22.2 Å². The van der Waals surface area contributed by atoms with E-state index in [9.17, 15) is 35.3 Å². The van der Waals surface area contributed by atoms with Gasteiger partial charge in [0.05, 0.1) is 5.69 Å². The van der Waals surface area contributed by atoms with Gasteiger partial charge in [0.2, 0.25) is 5.75 Å². The molecule has 0 N–H and O–H groups in total. The highest BCUT2D eigenvalue weighted by molar-refractivity contribution is 7.91. The zero-order valence-electron chi connectivity index (χ0n) is 14.8. The molecule has 0 saturated carbocycles. The lowest BCUT2D eigenvalue weighted by molar-refractivity contribution is -0.118. The van der Waals surface area contributed by atoms with Crippen LogP contribution in [0.4, 0.5) is 30.7 Å². The van der Waals surface area contributed by atoms with Crippen molar-refractivity contribution in [2.24, 2.45) is 4.99 Å². The number of hydrogen-bond acceptors (Lipinski definition) is 3. The number of benzene rings is 1. The second kappa shape index (κ2) is 8.07. The molecule has 0 amide bonds. The molecule has 0 saturated heterocycles. The SMILES string of the molecule is Cc1cc(F)c(-n2c(C)c(C)sc2=NCC(F)(F)F)cc1[S+]([O-])CC(F)(F)F. The highest BCUT2D eigenvalue weighted by Gasteiger charge is 2.36. The molecule has 156 valence electrons. The molecule has 1 aromatic carbocycles. The Morgan fingerprint density at radius 1 is 1.07 bits per heavy atom. The van der Waals surface area contributed by atoms with Gasteiger partial charge in [-0.1, -0.05) is 0 Å². The molecule has 28 heavy (non-hydrogen) atoms. The average Bonchev–Trinajstić information content (AvgIpc) is 2.78. The number of hydrogen-bond donors (Lipinski definition) is 0. The van der Waals surface area contributed by atoms with Crippen LogP contribution in [-0.2, 0) is 11.2 Å². The van der Waals surface area contributed by atoms with Crippen LogP contribution in [0, 0.1) is 26.6 Å². The first kappa shape index (κ1) is 22.8. The molecule has 0 aliphatic heterocycles. The van der Waals surface area contributed by atoms with Gasteiger partial charge >= 0.3 is 12.4 Å². The molecular weight excluding hydrogens is 433 g/mol. The van der Waals surface area contributed by atoms with E-state index >= 15 is 0 Å². The molecule has 12 heteroatoms. The van der Waals surface area contributed by atoms with Crippen LogP contribution in [0.2, 0.25) is 0 Å². The zero-order chi connectivity index (χ0) is 21.4. The fourth-order valence-corrected chi connectivity index (χ4v) is 4.47. The molecule has 1 unspecified atom stereocenters. The number of aryl methyl sites for hydroxylation is 2. The lowest BCUT2D eigenvalue weighted by Crippen LogP contribution is -2.24. The standard InChI is InChI=1S/C16H15F7N2OS2/c1-8-4-11(17)12(5-13(8)28(26)7-16(21,22)23)25-9(2)10(3)27-14(25)24-6-15(18,19)20/h4-5H,6-7H2,1-3H3. The molecule has 0 spiro atoms. The summed E-state index contributed by atoms with van der Waals surface area (Å²) < 4.78 is 103. The Morgan fingerprint density at radius 3 is 2.21 bits per heavy atom. The van der Waals surface area contributed by atoms with Gasteiger partial charge in [-0.05, 0) is 38.0 Å². The van der Waals surface area contributed by atoms with Crippen LogP contribution >= 0.6 is 11.3 Å². The van der Waals surface area contributed by atoms with E-state index in [-0.39, 0.29) is 20.9 Å². The number of halogens is 7. The zero-order valence-corrected chi connectivity index (χ0v) is 16.5. The molecule has 0 radical (unpaired) electrons. The topological polar surface area (TPSA) is 40.3 Å². The minimum absolute atomic E-state index is 0.0443. The van der Waals surface area contributed by atoms with Gasteiger partial charge in [0.15, 0.2) is 9.70 Å². The summed E-state index contributed by atoms with van der Waals surface area (Å²) in [4.78, 5) is 3.61. The van der Waals surface area contributed by atoms with Crippen molar-refractivity contribution in [1.29, 1.82) is 0 Å². The number of alkyl halides is 6. The Labute approximate surface area is 162 Å². The third-order valence-corrected chi connectivity index (χ3v) is 6.32. The predicted octanol–water partition coefficient (Wildman–Crippen LogP) is 4.74. The summed E-state index contributed by atoms with van der Waals surface area (Å²) in [5, 5.41) is 0. The number of nitrogens with zero attached hydrogens (tertiary/aromatic N) is 2. The van der Waals surface area contributed by atoms with E-state index in [1.54, 1.807) is 6.92 Å². The number of aromatic nitrogens is 1. The van der Waals surface area contributed by atoms with Crippen LogP contribution in [0.5, 0.6) is 0 Å². The minimum Gasteiger partial charge on any atom is -0.611 e. The van der Waals surface area contributed by atoms with E-state index in [0.29, 0.717) is 10.6 Å². The Kier molecular flexibility index (Phi) is 6.56. The van der Waals surface area contributed by atoms with Crippen molar-refractivity contribution in [3.63, 3.8) is 0 Å². The lowest BCUT2D eigenvalue weighted by Gasteiger charge is -2.17. The molecule has 0 fully saturated rings. The minimum atomic E-state index is -4.69. The van der Waals surface area contributed by atoms with Crippen molar-refractivity contribution in [3.8, 4) is 5.69 Å². The Balaban J connectivity index is 2.64. The fourth-order valence-electron chi connectivity index (χ4n) is 2.39. The van der Waals surface area contributed by atoms with Crippen LogP contribution in [0.25, 0.3) is 5.69 Å². The van der Waals surface area contributed by atoms with Crippen LogP contribution in [0.1, 0.15) is 16.1 Å². The van der Waals surface area contributed by atoms with Gasteiger partial charge in [-0.2, -0.15) is 26.3 Å². The molecule has 0 aliphatic carbocycles. The van der Waals surface area contributed by atoms with E-state index in [0.717, 1.165) is 28.0 Å². The normalized spacial score (nSPS) is 14.6. The molecule has 1 atom stereocenters. The van der Waals surface area contributed by atoms with Gasteiger partial charge in [0.1, 0.15) is 12.4 Å². The lowest BCUT2D eigenvalue weighted by atomic mass is 10.2. The average molecular weight is 448 g/mol. The van der Waals surface area contributed by atoms with Crippen molar-refractivity contribution >= 4 is 22.5 Å². The second-order valence-corrected chi connectivity index (χ2v) is 8.57. The summed E-state index contributed by atoms with van der Waals surface area (Å²) in [5.41, 5.74) is 0.114. The van der Waals surface area contributed by atoms with Crippen molar-refractivity contribution in [2.75, 3.05) is 12.3 Å². The second-order valence-electron chi connectivity index (χ2n) is 5.97. The maximum atomic E-state index is 14.6. The molecule has 1 heterocycles. The quantitative estimate of drug-likeness (QED) is 0.492. The highest BCUT2D eigenvalue weighted by Crippen LogP contribution is 2.29. The van der Waals surface area contributed by atoms with E-state index in [1.807, 2.05) is 0 Å². The molecular formula is C16H15F7N2OS2. The van der Waals surface area contributed by atoms with Gasteiger partial charge in [-0.3, -0.25) is 4.57 Å². The van der Waals surface area contributed by atoms with Crippen molar-refractivity contribution in [2.45, 2.75) is 38.0 Å². The predicted molar refractivity (Wildman–Crippen MR) is 91.6 cm³/mol. The summed E-state index contributed by atoms with van der Waals surface area (Å²) in [6.07, 6.45) is -9.27. The van der Waals surface area contributed by atoms with Crippen molar-refractivity contribution in [1.82, 2.24) is 4.57 Å². The van der Waals surface area contributed by atoms with Crippen molar-refractivity contribution in [3.05, 3.63) is 38.9 Å². The molecule has 1 aromatic heterocycles.